The van der Waals surface area contributed by atoms with E-state index in [1.54, 1.807) is 27.7 Å². The van der Waals surface area contributed by atoms with Crippen molar-refractivity contribution < 1.29 is 19.1 Å². The highest BCUT2D eigenvalue weighted by Crippen LogP contribution is 2.16. The second-order valence-corrected chi connectivity index (χ2v) is 5.47. The summed E-state index contributed by atoms with van der Waals surface area (Å²) < 4.78 is 9.86. The number of hydrogen-bond donors (Lipinski definition) is 1. The normalized spacial score (nSPS) is 14.6. The average molecular weight is 280 g/mol. The first kappa shape index (κ1) is 17.0. The second-order valence-electron chi connectivity index (χ2n) is 5.25. The van der Waals surface area contributed by atoms with Gasteiger partial charge in [-0.2, -0.15) is 0 Å². The molecule has 0 aromatic heterocycles. The van der Waals surface area contributed by atoms with Crippen LogP contribution < -0.4 is 5.32 Å². The van der Waals surface area contributed by atoms with E-state index in [1.165, 1.54) is 0 Å². The maximum atomic E-state index is 11.8. The predicted octanol–water partition coefficient (Wildman–Crippen LogP) is 2.81. The van der Waals surface area contributed by atoms with Crippen LogP contribution in [-0.4, -0.2) is 29.3 Å². The van der Waals surface area contributed by atoms with E-state index in [1.807, 2.05) is 6.92 Å². The molecule has 0 spiro atoms. The number of amides is 1. The van der Waals surface area contributed by atoms with Crippen molar-refractivity contribution in [1.29, 1.82) is 0 Å². The highest BCUT2D eigenvalue weighted by molar-refractivity contribution is 6.17. The van der Waals surface area contributed by atoms with Crippen LogP contribution in [0.4, 0.5) is 4.79 Å². The van der Waals surface area contributed by atoms with Gasteiger partial charge in [0, 0.05) is 0 Å². The molecule has 0 rings (SSSR count). The van der Waals surface area contributed by atoms with E-state index in [4.69, 9.17) is 21.1 Å². The van der Waals surface area contributed by atoms with Crippen LogP contribution in [0.25, 0.3) is 0 Å². The molecule has 0 bridgehead atoms. The molecular weight excluding hydrogens is 258 g/mol. The van der Waals surface area contributed by atoms with Crippen molar-refractivity contribution in [2.24, 2.45) is 0 Å². The molecule has 18 heavy (non-hydrogen) atoms. The van der Waals surface area contributed by atoms with Crippen LogP contribution in [-0.2, 0) is 14.3 Å². The molecule has 1 amide bonds. The van der Waals surface area contributed by atoms with Crippen LogP contribution in [0.5, 0.6) is 0 Å². The van der Waals surface area contributed by atoms with Gasteiger partial charge in [0.25, 0.3) is 0 Å². The van der Waals surface area contributed by atoms with Gasteiger partial charge in [0.15, 0.2) is 6.07 Å². The van der Waals surface area contributed by atoms with Gasteiger partial charge < -0.3 is 14.8 Å². The third-order valence-corrected chi connectivity index (χ3v) is 2.27. The molecule has 0 heterocycles. The molecule has 106 valence electrons. The largest absolute Gasteiger partial charge is 0.448 e. The van der Waals surface area contributed by atoms with E-state index in [9.17, 15) is 9.59 Å². The number of esters is 1. The summed E-state index contributed by atoms with van der Waals surface area (Å²) in [6, 6.07) is -0.242. The Morgan fingerprint density at radius 3 is 2.17 bits per heavy atom. The number of halogens is 1. The van der Waals surface area contributed by atoms with E-state index in [2.05, 4.69) is 5.32 Å². The minimum absolute atomic E-state index is 0.242. The average Bonchev–Trinajstić information content (AvgIpc) is 2.14. The molecule has 0 saturated carbocycles. The van der Waals surface area contributed by atoms with Gasteiger partial charge in [0.05, 0.1) is 0 Å². The summed E-state index contributed by atoms with van der Waals surface area (Å²) in [5.74, 6) is -0.565. The SMILES string of the molecule is CCCC(C)(NC(=O)OC(C)(C)C)C(=O)OCCl. The van der Waals surface area contributed by atoms with Crippen molar-refractivity contribution in [3.05, 3.63) is 0 Å². The Morgan fingerprint density at radius 1 is 1.22 bits per heavy atom. The maximum Gasteiger partial charge on any atom is 0.408 e. The number of nitrogens with one attached hydrogen (secondary N) is 1. The van der Waals surface area contributed by atoms with Gasteiger partial charge in [0.2, 0.25) is 0 Å². The number of rotatable bonds is 5. The molecule has 0 aliphatic heterocycles. The molecule has 1 unspecified atom stereocenters. The first-order valence-electron chi connectivity index (χ1n) is 5.89. The molecule has 0 aromatic rings. The van der Waals surface area contributed by atoms with Crippen LogP contribution >= 0.6 is 11.6 Å². The molecular formula is C12H22ClNO4. The lowest BCUT2D eigenvalue weighted by Crippen LogP contribution is -2.54. The van der Waals surface area contributed by atoms with Crippen molar-refractivity contribution in [2.75, 3.05) is 6.07 Å². The quantitative estimate of drug-likeness (QED) is 0.621. The summed E-state index contributed by atoms with van der Waals surface area (Å²) in [5.41, 5.74) is -1.74. The van der Waals surface area contributed by atoms with E-state index in [0.29, 0.717) is 12.8 Å². The van der Waals surface area contributed by atoms with Gasteiger partial charge in [-0.3, -0.25) is 0 Å². The molecule has 0 radical (unpaired) electrons. The zero-order valence-electron chi connectivity index (χ0n) is 11.6. The number of carbonyl (C=O) groups is 2. The van der Waals surface area contributed by atoms with Gasteiger partial charge in [-0.15, -0.1) is 0 Å². The number of alkyl carbamates (subject to hydrolysis) is 1. The topological polar surface area (TPSA) is 64.6 Å². The van der Waals surface area contributed by atoms with Crippen LogP contribution in [0.15, 0.2) is 0 Å². The third-order valence-electron chi connectivity index (χ3n) is 2.16. The molecule has 1 N–H and O–H groups in total. The van der Waals surface area contributed by atoms with Gasteiger partial charge in [-0.25, -0.2) is 9.59 Å². The van der Waals surface area contributed by atoms with Crippen molar-refractivity contribution in [2.45, 2.75) is 58.6 Å². The third kappa shape index (κ3) is 6.10. The predicted molar refractivity (Wildman–Crippen MR) is 69.5 cm³/mol. The smallest absolute Gasteiger partial charge is 0.408 e. The Labute approximate surface area is 113 Å². The highest BCUT2D eigenvalue weighted by atomic mass is 35.5. The van der Waals surface area contributed by atoms with Crippen molar-refractivity contribution in [3.8, 4) is 0 Å². The maximum absolute atomic E-state index is 11.8. The zero-order chi connectivity index (χ0) is 14.4. The summed E-state index contributed by atoms with van der Waals surface area (Å²) in [6.07, 6.45) is 0.510. The van der Waals surface area contributed by atoms with Crippen LogP contribution in [0, 0.1) is 0 Å². The Morgan fingerprint density at radius 2 is 1.78 bits per heavy atom. The van der Waals surface area contributed by atoms with Crippen molar-refractivity contribution >= 4 is 23.7 Å². The van der Waals surface area contributed by atoms with E-state index in [0.717, 1.165) is 0 Å². The van der Waals surface area contributed by atoms with Gasteiger partial charge >= 0.3 is 12.1 Å². The Hall–Kier alpha value is -0.970. The number of carbonyl (C=O) groups excluding carboxylic acids is 2. The molecule has 0 aromatic carbocycles. The summed E-state index contributed by atoms with van der Waals surface area (Å²) >= 11 is 5.36. The standard InChI is InChI=1S/C12H22ClNO4/c1-6-7-12(5,9(15)17-8-13)14-10(16)18-11(2,3)4/h6-8H2,1-5H3,(H,14,16). The van der Waals surface area contributed by atoms with E-state index >= 15 is 0 Å². The number of ether oxygens (including phenoxy) is 2. The second kappa shape index (κ2) is 6.83. The molecule has 0 fully saturated rings. The Kier molecular flexibility index (Phi) is 6.46. The fourth-order valence-electron chi connectivity index (χ4n) is 1.45. The van der Waals surface area contributed by atoms with Crippen molar-refractivity contribution in [1.82, 2.24) is 5.32 Å². The molecule has 0 saturated heterocycles. The minimum atomic E-state index is -1.12. The summed E-state index contributed by atoms with van der Waals surface area (Å²) in [6.45, 7) is 8.75. The van der Waals surface area contributed by atoms with Crippen molar-refractivity contribution in [3.63, 3.8) is 0 Å². The first-order chi connectivity index (χ1) is 8.14. The van der Waals surface area contributed by atoms with Gasteiger partial charge in [-0.05, 0) is 34.1 Å². The monoisotopic (exact) mass is 279 g/mol. The Bertz CT molecular complexity index is 301. The molecule has 5 nitrogen and oxygen atoms in total. The number of hydrogen-bond acceptors (Lipinski definition) is 4. The highest BCUT2D eigenvalue weighted by Gasteiger charge is 2.37. The fourth-order valence-corrected chi connectivity index (χ4v) is 1.55. The summed E-state index contributed by atoms with van der Waals surface area (Å²) in [7, 11) is 0. The summed E-state index contributed by atoms with van der Waals surface area (Å²) in [4.78, 5) is 23.5. The van der Waals surface area contributed by atoms with E-state index in [-0.39, 0.29) is 6.07 Å². The summed E-state index contributed by atoms with van der Waals surface area (Å²) in [5, 5.41) is 2.54. The lowest BCUT2D eigenvalue weighted by Gasteiger charge is -2.29. The number of alkyl halides is 1. The molecule has 6 heteroatoms. The van der Waals surface area contributed by atoms with Crippen LogP contribution in [0.3, 0.4) is 0 Å². The Balaban J connectivity index is 4.70. The van der Waals surface area contributed by atoms with Crippen LogP contribution in [0.2, 0.25) is 0 Å². The lowest BCUT2D eigenvalue weighted by atomic mass is 9.96. The zero-order valence-corrected chi connectivity index (χ0v) is 12.4. The molecule has 0 aliphatic rings. The minimum Gasteiger partial charge on any atom is -0.448 e. The lowest BCUT2D eigenvalue weighted by molar-refractivity contribution is -0.149. The van der Waals surface area contributed by atoms with Gasteiger partial charge in [0.1, 0.15) is 11.1 Å². The molecule has 1 atom stereocenters. The molecule has 0 aliphatic carbocycles. The van der Waals surface area contributed by atoms with Crippen LogP contribution in [0.1, 0.15) is 47.5 Å². The van der Waals surface area contributed by atoms with Gasteiger partial charge in [-0.1, -0.05) is 24.9 Å². The first-order valence-corrected chi connectivity index (χ1v) is 6.42. The van der Waals surface area contributed by atoms with E-state index < -0.39 is 23.2 Å². The fraction of sp³-hybridized carbons (Fsp3) is 0.833.